The van der Waals surface area contributed by atoms with E-state index in [4.69, 9.17) is 16.3 Å². The molecule has 18 heavy (non-hydrogen) atoms. The summed E-state index contributed by atoms with van der Waals surface area (Å²) >= 11 is 9.77. The minimum Gasteiger partial charge on any atom is -0.488 e. The van der Waals surface area contributed by atoms with Crippen LogP contribution in [0.4, 0.5) is 0 Å². The molecule has 1 saturated carbocycles. The molecule has 100 valence electrons. The summed E-state index contributed by atoms with van der Waals surface area (Å²) in [6.45, 7) is 2.25. The van der Waals surface area contributed by atoms with Crippen molar-refractivity contribution in [1.29, 1.82) is 0 Å². The molecule has 1 aliphatic carbocycles. The third-order valence-electron chi connectivity index (χ3n) is 3.83. The summed E-state index contributed by atoms with van der Waals surface area (Å²) in [6.07, 6.45) is 6.59. The zero-order valence-electron chi connectivity index (χ0n) is 10.8. The molecule has 0 bridgehead atoms. The fourth-order valence-electron chi connectivity index (χ4n) is 2.74. The Balaban J connectivity index is 2.17. The smallest absolute Gasteiger partial charge is 0.142 e. The van der Waals surface area contributed by atoms with E-state index in [1.807, 2.05) is 12.1 Å². The summed E-state index contributed by atoms with van der Waals surface area (Å²) in [4.78, 5) is 0. The van der Waals surface area contributed by atoms with E-state index >= 15 is 0 Å². The number of rotatable bonds is 4. The number of para-hydroxylation sites is 1. The van der Waals surface area contributed by atoms with Crippen molar-refractivity contribution >= 4 is 27.5 Å². The highest BCUT2D eigenvalue weighted by Crippen LogP contribution is 2.36. The van der Waals surface area contributed by atoms with Crippen molar-refractivity contribution < 1.29 is 4.74 Å². The summed E-state index contributed by atoms with van der Waals surface area (Å²) in [7, 11) is 0. The van der Waals surface area contributed by atoms with Gasteiger partial charge in [-0.05, 0) is 37.7 Å². The van der Waals surface area contributed by atoms with Crippen LogP contribution in [0, 0.1) is 5.92 Å². The van der Waals surface area contributed by atoms with Crippen LogP contribution < -0.4 is 4.74 Å². The lowest BCUT2D eigenvalue weighted by Gasteiger charge is -2.32. The van der Waals surface area contributed by atoms with Crippen LogP contribution in [-0.2, 0) is 5.33 Å². The fourth-order valence-corrected chi connectivity index (χ4v) is 3.42. The molecule has 0 saturated heterocycles. The molecule has 1 aromatic carbocycles. The van der Waals surface area contributed by atoms with Crippen LogP contribution in [0.3, 0.4) is 0 Å². The van der Waals surface area contributed by atoms with E-state index in [0.717, 1.165) is 28.1 Å². The summed E-state index contributed by atoms with van der Waals surface area (Å²) in [5, 5.41) is 1.51. The van der Waals surface area contributed by atoms with Crippen molar-refractivity contribution in [2.75, 3.05) is 0 Å². The molecular formula is C15H20BrClO. The average Bonchev–Trinajstić information content (AvgIpc) is 2.41. The Kier molecular flexibility index (Phi) is 5.38. The van der Waals surface area contributed by atoms with Gasteiger partial charge in [-0.1, -0.05) is 53.0 Å². The molecule has 0 amide bonds. The first-order valence-corrected chi connectivity index (χ1v) is 8.26. The maximum absolute atomic E-state index is 6.27. The Labute approximate surface area is 123 Å². The Morgan fingerprint density at radius 3 is 2.83 bits per heavy atom. The molecule has 1 fully saturated rings. The van der Waals surface area contributed by atoms with Crippen molar-refractivity contribution in [3.8, 4) is 5.75 Å². The van der Waals surface area contributed by atoms with Gasteiger partial charge < -0.3 is 4.74 Å². The van der Waals surface area contributed by atoms with Crippen LogP contribution >= 0.6 is 27.5 Å². The lowest BCUT2D eigenvalue weighted by Crippen LogP contribution is -2.30. The van der Waals surface area contributed by atoms with Gasteiger partial charge in [-0.15, -0.1) is 0 Å². The topological polar surface area (TPSA) is 9.23 Å². The molecule has 0 N–H and O–H groups in total. The number of benzene rings is 1. The molecular weight excluding hydrogens is 312 g/mol. The van der Waals surface area contributed by atoms with Gasteiger partial charge in [0.1, 0.15) is 11.9 Å². The maximum atomic E-state index is 6.27. The van der Waals surface area contributed by atoms with Crippen molar-refractivity contribution in [3.63, 3.8) is 0 Å². The molecule has 2 atom stereocenters. The van der Waals surface area contributed by atoms with E-state index in [-0.39, 0.29) is 0 Å². The Hall–Kier alpha value is -0.210. The van der Waals surface area contributed by atoms with Crippen molar-refractivity contribution in [1.82, 2.24) is 0 Å². The number of halogens is 2. The first-order valence-electron chi connectivity index (χ1n) is 6.76. The zero-order chi connectivity index (χ0) is 13.0. The van der Waals surface area contributed by atoms with Crippen LogP contribution in [0.1, 0.15) is 44.6 Å². The highest BCUT2D eigenvalue weighted by atomic mass is 79.9. The first kappa shape index (κ1) is 14.2. The quantitative estimate of drug-likeness (QED) is 0.654. The lowest BCUT2D eigenvalue weighted by atomic mass is 9.84. The molecule has 0 aromatic heterocycles. The van der Waals surface area contributed by atoms with Gasteiger partial charge in [-0.25, -0.2) is 0 Å². The van der Waals surface area contributed by atoms with Gasteiger partial charge in [0.05, 0.1) is 5.02 Å². The predicted molar refractivity (Wildman–Crippen MR) is 80.7 cm³/mol. The van der Waals surface area contributed by atoms with Crippen LogP contribution in [0.15, 0.2) is 18.2 Å². The van der Waals surface area contributed by atoms with Gasteiger partial charge in [0, 0.05) is 10.9 Å². The monoisotopic (exact) mass is 330 g/mol. The number of alkyl halides is 1. The maximum Gasteiger partial charge on any atom is 0.142 e. The average molecular weight is 332 g/mol. The van der Waals surface area contributed by atoms with Gasteiger partial charge in [0.2, 0.25) is 0 Å². The Morgan fingerprint density at radius 1 is 1.33 bits per heavy atom. The molecule has 0 spiro atoms. The first-order chi connectivity index (χ1) is 8.76. The van der Waals surface area contributed by atoms with E-state index in [2.05, 4.69) is 28.9 Å². The van der Waals surface area contributed by atoms with Gasteiger partial charge in [0.25, 0.3) is 0 Å². The van der Waals surface area contributed by atoms with Crippen molar-refractivity contribution in [3.05, 3.63) is 28.8 Å². The number of hydrogen-bond donors (Lipinski definition) is 0. The largest absolute Gasteiger partial charge is 0.488 e. The zero-order valence-corrected chi connectivity index (χ0v) is 13.1. The normalized spacial score (nSPS) is 23.9. The molecule has 1 nitrogen and oxygen atoms in total. The summed E-state index contributed by atoms with van der Waals surface area (Å²) in [6, 6.07) is 5.95. The van der Waals surface area contributed by atoms with Gasteiger partial charge in [-0.3, -0.25) is 0 Å². The van der Waals surface area contributed by atoms with Crippen molar-refractivity contribution in [2.24, 2.45) is 5.92 Å². The molecule has 0 aliphatic heterocycles. The number of hydrogen-bond acceptors (Lipinski definition) is 1. The van der Waals surface area contributed by atoms with E-state index in [9.17, 15) is 0 Å². The Bertz CT molecular complexity index is 394. The summed E-state index contributed by atoms with van der Waals surface area (Å²) < 4.78 is 6.25. The highest BCUT2D eigenvalue weighted by molar-refractivity contribution is 9.08. The molecule has 1 aromatic rings. The molecule has 1 aliphatic rings. The molecule has 2 unspecified atom stereocenters. The fraction of sp³-hybridized carbons (Fsp3) is 0.600. The third-order valence-corrected chi connectivity index (χ3v) is 4.73. The van der Waals surface area contributed by atoms with Crippen LogP contribution in [-0.4, -0.2) is 6.10 Å². The second kappa shape index (κ2) is 6.81. The lowest BCUT2D eigenvalue weighted by molar-refractivity contribution is 0.0897. The van der Waals surface area contributed by atoms with E-state index < -0.39 is 0 Å². The second-order valence-corrected chi connectivity index (χ2v) is 5.94. The van der Waals surface area contributed by atoms with Crippen molar-refractivity contribution in [2.45, 2.75) is 50.5 Å². The second-order valence-electron chi connectivity index (χ2n) is 4.97. The van der Waals surface area contributed by atoms with Gasteiger partial charge in [-0.2, -0.15) is 0 Å². The van der Waals surface area contributed by atoms with Crippen LogP contribution in [0.5, 0.6) is 5.75 Å². The molecule has 2 rings (SSSR count). The van der Waals surface area contributed by atoms with E-state index in [1.165, 1.54) is 25.7 Å². The minimum absolute atomic E-state index is 0.335. The summed E-state index contributed by atoms with van der Waals surface area (Å²) in [5.74, 6) is 1.56. The number of ether oxygens (including phenoxy) is 1. The van der Waals surface area contributed by atoms with E-state index in [0.29, 0.717) is 12.0 Å². The molecule has 3 heteroatoms. The van der Waals surface area contributed by atoms with Crippen LogP contribution in [0.25, 0.3) is 0 Å². The third kappa shape index (κ3) is 3.21. The van der Waals surface area contributed by atoms with Gasteiger partial charge in [0.15, 0.2) is 0 Å². The SMILES string of the molecule is CCC1CCCCC1Oc1c(Cl)cccc1CBr. The predicted octanol–water partition coefficient (Wildman–Crippen LogP) is 5.58. The standard InChI is InChI=1S/C15H20BrClO/c1-2-11-6-3-4-9-14(11)18-15-12(10-16)7-5-8-13(15)17/h5,7-8,11,14H,2-4,6,9-10H2,1H3. The molecule has 0 heterocycles. The highest BCUT2D eigenvalue weighted by Gasteiger charge is 2.26. The van der Waals surface area contributed by atoms with Crippen LogP contribution in [0.2, 0.25) is 5.02 Å². The summed E-state index contributed by atoms with van der Waals surface area (Å²) in [5.41, 5.74) is 1.14. The van der Waals surface area contributed by atoms with Gasteiger partial charge >= 0.3 is 0 Å². The molecule has 0 radical (unpaired) electrons. The Morgan fingerprint density at radius 2 is 2.11 bits per heavy atom. The van der Waals surface area contributed by atoms with E-state index in [1.54, 1.807) is 0 Å². The minimum atomic E-state index is 0.335.